The minimum Gasteiger partial charge on any atom is -0.489 e. The van der Waals surface area contributed by atoms with E-state index >= 15 is 0 Å². The first-order valence-electron chi connectivity index (χ1n) is 9.65. The highest BCUT2D eigenvalue weighted by atomic mass is 32.2. The number of nitrogens with zero attached hydrogens (tertiary/aromatic N) is 1. The smallest absolute Gasteiger partial charge is 0.307 e. The number of benzene rings is 2. The van der Waals surface area contributed by atoms with E-state index in [1.54, 1.807) is 13.0 Å². The molecule has 0 saturated carbocycles. The molecule has 1 aliphatic rings. The van der Waals surface area contributed by atoms with Gasteiger partial charge in [-0.05, 0) is 43.2 Å². The minimum absolute atomic E-state index is 0.126. The Bertz CT molecular complexity index is 952. The Labute approximate surface area is 186 Å². The number of aryl methyl sites for hydroxylation is 1. The predicted molar refractivity (Wildman–Crippen MR) is 123 cm³/mol. The van der Waals surface area contributed by atoms with Gasteiger partial charge in [0, 0.05) is 6.54 Å². The van der Waals surface area contributed by atoms with Crippen molar-refractivity contribution < 1.29 is 19.1 Å². The zero-order valence-electron chi connectivity index (χ0n) is 16.9. The molecule has 1 heterocycles. The third-order valence-electron chi connectivity index (χ3n) is 4.42. The molecule has 0 radical (unpaired) electrons. The van der Waals surface area contributed by atoms with Crippen LogP contribution in [0.25, 0.3) is 6.08 Å². The van der Waals surface area contributed by atoms with Crippen molar-refractivity contribution in [1.82, 2.24) is 4.90 Å². The van der Waals surface area contributed by atoms with Crippen LogP contribution in [0, 0.1) is 6.92 Å². The van der Waals surface area contributed by atoms with Gasteiger partial charge in [-0.3, -0.25) is 14.5 Å². The first-order chi connectivity index (χ1) is 14.5. The molecule has 0 bridgehead atoms. The van der Waals surface area contributed by atoms with Crippen LogP contribution in [0.15, 0.2) is 53.4 Å². The van der Waals surface area contributed by atoms with Crippen molar-refractivity contribution in [3.63, 3.8) is 0 Å². The average Bonchev–Trinajstić information content (AvgIpc) is 3.00. The summed E-state index contributed by atoms with van der Waals surface area (Å²) in [5.41, 5.74) is 3.20. The van der Waals surface area contributed by atoms with Gasteiger partial charge < -0.3 is 9.47 Å². The normalized spacial score (nSPS) is 15.0. The lowest BCUT2D eigenvalue weighted by Crippen LogP contribution is -2.30. The molecule has 0 atom stereocenters. The number of carbonyl (C=O) groups is 2. The molecular formula is C23H23NO4S2. The molecule has 3 rings (SSSR count). The Morgan fingerprint density at radius 1 is 1.13 bits per heavy atom. The van der Waals surface area contributed by atoms with Gasteiger partial charge in [0.2, 0.25) is 0 Å². The average molecular weight is 442 g/mol. The monoisotopic (exact) mass is 441 g/mol. The molecule has 2 aromatic carbocycles. The van der Waals surface area contributed by atoms with Crippen molar-refractivity contribution in [1.29, 1.82) is 0 Å². The van der Waals surface area contributed by atoms with Crippen LogP contribution in [0.2, 0.25) is 0 Å². The van der Waals surface area contributed by atoms with Gasteiger partial charge in [-0.2, -0.15) is 0 Å². The summed E-state index contributed by atoms with van der Waals surface area (Å²) in [6.07, 6.45) is 1.92. The number of carbonyl (C=O) groups excluding carboxylic acids is 2. The van der Waals surface area contributed by atoms with Crippen LogP contribution in [0.4, 0.5) is 0 Å². The van der Waals surface area contributed by atoms with Crippen molar-refractivity contribution in [3.8, 4) is 5.75 Å². The van der Waals surface area contributed by atoms with Gasteiger partial charge in [-0.1, -0.05) is 65.9 Å². The summed E-state index contributed by atoms with van der Waals surface area (Å²) >= 11 is 6.53. The summed E-state index contributed by atoms with van der Waals surface area (Å²) in [4.78, 5) is 26.1. The van der Waals surface area contributed by atoms with Gasteiger partial charge in [-0.25, -0.2) is 0 Å². The molecule has 5 nitrogen and oxygen atoms in total. The SMILES string of the molecule is CCOC(=O)CCN1C(=O)/C(=C/c2ccc(OCc3ccc(C)cc3)cc2)SC1=S. The highest BCUT2D eigenvalue weighted by Gasteiger charge is 2.32. The summed E-state index contributed by atoms with van der Waals surface area (Å²) < 4.78 is 11.2. The summed E-state index contributed by atoms with van der Waals surface area (Å²) in [7, 11) is 0. The van der Waals surface area contributed by atoms with E-state index in [2.05, 4.69) is 19.1 Å². The second kappa shape index (κ2) is 10.4. The van der Waals surface area contributed by atoms with Gasteiger partial charge in [0.05, 0.1) is 17.9 Å². The molecule has 30 heavy (non-hydrogen) atoms. The molecular weight excluding hydrogens is 418 g/mol. The maximum Gasteiger partial charge on any atom is 0.307 e. The number of amides is 1. The highest BCUT2D eigenvalue weighted by Crippen LogP contribution is 2.32. The fraction of sp³-hybridized carbons (Fsp3) is 0.261. The zero-order chi connectivity index (χ0) is 21.5. The van der Waals surface area contributed by atoms with E-state index in [0.29, 0.717) is 22.4 Å². The summed E-state index contributed by atoms with van der Waals surface area (Å²) in [5.74, 6) is 0.237. The molecule has 1 saturated heterocycles. The van der Waals surface area contributed by atoms with Crippen LogP contribution in [0.5, 0.6) is 5.75 Å². The van der Waals surface area contributed by atoms with Gasteiger partial charge >= 0.3 is 5.97 Å². The van der Waals surface area contributed by atoms with E-state index in [9.17, 15) is 9.59 Å². The van der Waals surface area contributed by atoms with E-state index in [1.165, 1.54) is 22.2 Å². The summed E-state index contributed by atoms with van der Waals surface area (Å²) in [6, 6.07) is 15.8. The molecule has 156 valence electrons. The fourth-order valence-corrected chi connectivity index (χ4v) is 4.10. The van der Waals surface area contributed by atoms with Crippen LogP contribution in [0.1, 0.15) is 30.0 Å². The molecule has 0 N–H and O–H groups in total. The molecule has 0 aromatic heterocycles. The van der Waals surface area contributed by atoms with E-state index in [1.807, 2.05) is 36.4 Å². The Morgan fingerprint density at radius 3 is 2.50 bits per heavy atom. The second-order valence-corrected chi connectivity index (χ2v) is 8.41. The van der Waals surface area contributed by atoms with Crippen molar-refractivity contribution in [3.05, 3.63) is 70.1 Å². The summed E-state index contributed by atoms with van der Waals surface area (Å²) in [6.45, 7) is 4.85. The van der Waals surface area contributed by atoms with Crippen molar-refractivity contribution >= 4 is 46.3 Å². The lowest BCUT2D eigenvalue weighted by Gasteiger charge is -2.13. The number of thioether (sulfide) groups is 1. The molecule has 1 amide bonds. The number of rotatable bonds is 8. The largest absolute Gasteiger partial charge is 0.489 e. The Kier molecular flexibility index (Phi) is 7.65. The minimum atomic E-state index is -0.336. The predicted octanol–water partition coefficient (Wildman–Crippen LogP) is 4.73. The summed E-state index contributed by atoms with van der Waals surface area (Å²) in [5, 5.41) is 0. The molecule has 1 aliphatic heterocycles. The molecule has 7 heteroatoms. The topological polar surface area (TPSA) is 55.8 Å². The van der Waals surface area contributed by atoms with Crippen LogP contribution in [0.3, 0.4) is 0 Å². The van der Waals surface area contributed by atoms with E-state index in [-0.39, 0.29) is 24.8 Å². The van der Waals surface area contributed by atoms with Gasteiger partial charge in [-0.15, -0.1) is 0 Å². The number of hydrogen-bond acceptors (Lipinski definition) is 6. The Morgan fingerprint density at radius 2 is 1.83 bits per heavy atom. The molecule has 0 aliphatic carbocycles. The second-order valence-electron chi connectivity index (χ2n) is 6.73. The maximum atomic E-state index is 12.6. The van der Waals surface area contributed by atoms with Crippen molar-refractivity contribution in [2.45, 2.75) is 26.9 Å². The third-order valence-corrected chi connectivity index (χ3v) is 5.80. The van der Waals surface area contributed by atoms with E-state index in [0.717, 1.165) is 16.9 Å². The van der Waals surface area contributed by atoms with Crippen LogP contribution >= 0.6 is 24.0 Å². The maximum absolute atomic E-state index is 12.6. The van der Waals surface area contributed by atoms with Gasteiger partial charge in [0.15, 0.2) is 0 Å². The standard InChI is InChI=1S/C23H23NO4S2/c1-3-27-21(25)12-13-24-22(26)20(30-23(24)29)14-17-8-10-19(11-9-17)28-15-18-6-4-16(2)5-7-18/h4-11,14H,3,12-13,15H2,1-2H3/b20-14-. The van der Waals surface area contributed by atoms with Gasteiger partial charge in [0.1, 0.15) is 16.7 Å². The molecule has 1 fully saturated rings. The fourth-order valence-electron chi connectivity index (χ4n) is 2.79. The zero-order valence-corrected chi connectivity index (χ0v) is 18.6. The molecule has 0 unspecified atom stereocenters. The number of ether oxygens (including phenoxy) is 2. The van der Waals surface area contributed by atoms with Crippen molar-refractivity contribution in [2.24, 2.45) is 0 Å². The van der Waals surface area contributed by atoms with Crippen LogP contribution < -0.4 is 4.74 Å². The van der Waals surface area contributed by atoms with Crippen LogP contribution in [-0.4, -0.2) is 34.2 Å². The van der Waals surface area contributed by atoms with Crippen molar-refractivity contribution in [2.75, 3.05) is 13.2 Å². The van der Waals surface area contributed by atoms with Crippen LogP contribution in [-0.2, 0) is 20.9 Å². The van der Waals surface area contributed by atoms with Gasteiger partial charge in [0.25, 0.3) is 5.91 Å². The third kappa shape index (κ3) is 5.93. The number of esters is 1. The Hall–Kier alpha value is -2.64. The first-order valence-corrected chi connectivity index (χ1v) is 10.9. The van der Waals surface area contributed by atoms with E-state index < -0.39 is 0 Å². The highest BCUT2D eigenvalue weighted by molar-refractivity contribution is 8.26. The van der Waals surface area contributed by atoms with E-state index in [4.69, 9.17) is 21.7 Å². The molecule has 0 spiro atoms. The lowest BCUT2D eigenvalue weighted by atomic mass is 10.1. The number of thiocarbonyl (C=S) groups is 1. The quantitative estimate of drug-likeness (QED) is 0.335. The molecule has 2 aromatic rings. The first kappa shape index (κ1) is 22.1. The lowest BCUT2D eigenvalue weighted by molar-refractivity contribution is -0.143. The Balaban J connectivity index is 1.58. The number of hydrogen-bond donors (Lipinski definition) is 0.